The highest BCUT2D eigenvalue weighted by Crippen LogP contribution is 2.62. The van der Waals surface area contributed by atoms with Gasteiger partial charge in [0.25, 0.3) is 0 Å². The Morgan fingerprint density at radius 3 is 2.47 bits per heavy atom. The summed E-state index contributed by atoms with van der Waals surface area (Å²) in [5.41, 5.74) is 0.288. The molecule has 320 valence electrons. The van der Waals surface area contributed by atoms with E-state index in [0.717, 1.165) is 48.1 Å². The van der Waals surface area contributed by atoms with Crippen LogP contribution in [0.25, 0.3) is 11.3 Å². The maximum Gasteiger partial charge on any atom is 0.416 e. The number of ketones is 1. The van der Waals surface area contributed by atoms with Gasteiger partial charge in [-0.25, -0.2) is 4.79 Å². The van der Waals surface area contributed by atoms with Crippen LogP contribution in [0.2, 0.25) is 5.02 Å². The van der Waals surface area contributed by atoms with Crippen LogP contribution in [0.15, 0.2) is 64.6 Å². The van der Waals surface area contributed by atoms with E-state index in [4.69, 9.17) is 16.0 Å². The molecule has 3 N–H and O–H groups in total. The molecule has 7 nitrogen and oxygen atoms in total. The van der Waals surface area contributed by atoms with Crippen LogP contribution in [0.5, 0.6) is 0 Å². The Kier molecular flexibility index (Phi) is 12.1. The van der Waals surface area contributed by atoms with Crippen LogP contribution >= 0.6 is 11.6 Å². The number of rotatable bonds is 8. The zero-order valence-electron chi connectivity index (χ0n) is 35.2. The van der Waals surface area contributed by atoms with Gasteiger partial charge in [-0.1, -0.05) is 56.2 Å². The molecule has 0 aliphatic heterocycles. The van der Waals surface area contributed by atoms with E-state index in [-0.39, 0.29) is 52.1 Å². The molecule has 7 atom stereocenters. The Hall–Kier alpha value is -3.60. The van der Waals surface area contributed by atoms with Crippen LogP contribution in [-0.2, 0) is 12.6 Å². The number of furan rings is 1. The second-order valence-electron chi connectivity index (χ2n) is 19.3. The number of aliphatic hydroxyl groups excluding tert-OH is 1. The van der Waals surface area contributed by atoms with E-state index in [1.54, 1.807) is 6.07 Å². The summed E-state index contributed by atoms with van der Waals surface area (Å²) >= 11 is 6.36. The summed E-state index contributed by atoms with van der Waals surface area (Å²) < 4.78 is 47.0. The fraction of sp³-hybridized carbons (Fsp3) is 0.583. The van der Waals surface area contributed by atoms with Gasteiger partial charge in [0.15, 0.2) is 5.76 Å². The molecule has 1 heterocycles. The third-order valence-corrected chi connectivity index (χ3v) is 15.2. The van der Waals surface area contributed by atoms with Crippen LogP contribution in [0.3, 0.4) is 0 Å². The van der Waals surface area contributed by atoms with E-state index < -0.39 is 34.6 Å². The summed E-state index contributed by atoms with van der Waals surface area (Å²) in [5, 5.41) is 27.4. The molecule has 1 aromatic heterocycles. The number of hydrogen-bond acceptors (Lipinski definition) is 5. The number of nitrogens with one attached hydrogen (secondary N) is 1. The fourth-order valence-corrected chi connectivity index (χ4v) is 11.4. The summed E-state index contributed by atoms with van der Waals surface area (Å²) in [4.78, 5) is 30.7. The molecule has 0 unspecified atom stereocenters. The molecule has 11 heteroatoms. The van der Waals surface area contributed by atoms with Gasteiger partial charge in [0.2, 0.25) is 5.78 Å². The molecule has 59 heavy (non-hydrogen) atoms. The van der Waals surface area contributed by atoms with Crippen LogP contribution in [0.1, 0.15) is 138 Å². The van der Waals surface area contributed by atoms with E-state index in [2.05, 4.69) is 39.1 Å². The number of carbonyl (C=O) groups is 2. The predicted octanol–water partition coefficient (Wildman–Crippen LogP) is 11.4. The molecule has 4 bridgehead atoms. The van der Waals surface area contributed by atoms with E-state index >= 15 is 0 Å². The van der Waals surface area contributed by atoms with Gasteiger partial charge in [-0.3, -0.25) is 4.79 Å². The molecule has 0 radical (unpaired) electrons. The van der Waals surface area contributed by atoms with Gasteiger partial charge in [-0.05, 0) is 162 Å². The van der Waals surface area contributed by atoms with Gasteiger partial charge in [0.1, 0.15) is 5.76 Å². The number of benzene rings is 2. The smallest absolute Gasteiger partial charge is 0.416 e. The highest BCUT2D eigenvalue weighted by atomic mass is 35.5. The molecule has 4 saturated carbocycles. The molecule has 0 saturated heterocycles. The van der Waals surface area contributed by atoms with Gasteiger partial charge >= 0.3 is 12.2 Å². The van der Waals surface area contributed by atoms with Gasteiger partial charge in [-0.15, -0.1) is 0 Å². The number of hydrogen-bond donors (Lipinski definition) is 3. The largest absolute Gasteiger partial charge is 0.453 e. The lowest BCUT2D eigenvalue weighted by molar-refractivity contribution is -0.137. The Morgan fingerprint density at radius 1 is 1.02 bits per heavy atom. The van der Waals surface area contributed by atoms with Gasteiger partial charge < -0.3 is 24.8 Å². The average molecular weight is 837 g/mol. The molecule has 6 aliphatic rings. The highest BCUT2D eigenvalue weighted by Gasteiger charge is 2.59. The molecule has 0 spiro atoms. The lowest BCUT2D eigenvalue weighted by Gasteiger charge is -2.60. The number of nitrogens with zero attached hydrogens (tertiary/aromatic N) is 1. The lowest BCUT2D eigenvalue weighted by Crippen LogP contribution is -2.59. The molecular formula is C48H60ClF3N2O5. The van der Waals surface area contributed by atoms with Gasteiger partial charge in [0, 0.05) is 29.1 Å². The Morgan fingerprint density at radius 2 is 1.78 bits per heavy atom. The summed E-state index contributed by atoms with van der Waals surface area (Å²) in [6.07, 6.45) is 4.13. The van der Waals surface area contributed by atoms with Crippen LogP contribution < -0.4 is 5.32 Å². The molecule has 4 fully saturated rings. The van der Waals surface area contributed by atoms with Crippen molar-refractivity contribution >= 4 is 23.4 Å². The molecule has 9 rings (SSSR count). The maximum absolute atomic E-state index is 14.7. The summed E-state index contributed by atoms with van der Waals surface area (Å²) in [7, 11) is 0. The van der Waals surface area contributed by atoms with Crippen molar-refractivity contribution in [2.45, 2.75) is 136 Å². The number of fused-ring (bicyclic) bond motifs is 10. The zero-order valence-corrected chi connectivity index (χ0v) is 36.0. The first-order valence-electron chi connectivity index (χ1n) is 21.5. The average Bonchev–Trinajstić information content (AvgIpc) is 3.75. The SMILES string of the molecule is CC1=CCC[C@@]2(C)[C@@H](CC[C@@]2(O)CN(C[C@@H]2CC[C@H]3C[C@@H]2C3(C)C)C(=O)NC(C)C)c2ccc(cc2C(=O)c2ccc(-c3cc(C(F)(F)F)ccc3Cl)o2)C[C@@H](O)CC1. The van der Waals surface area contributed by atoms with Crippen molar-refractivity contribution in [2.24, 2.45) is 28.6 Å². The number of carbonyl (C=O) groups excluding carboxylic acids is 2. The molecular weight excluding hydrogens is 777 g/mol. The number of alkyl halides is 3. The summed E-state index contributed by atoms with van der Waals surface area (Å²) in [6.45, 7) is 13.5. The summed E-state index contributed by atoms with van der Waals surface area (Å²) in [6, 6.07) is 11.3. The molecule has 3 aromatic rings. The van der Waals surface area contributed by atoms with Crippen molar-refractivity contribution in [3.63, 3.8) is 0 Å². The second-order valence-corrected chi connectivity index (χ2v) is 19.7. The quantitative estimate of drug-likeness (QED) is 0.155. The predicted molar refractivity (Wildman–Crippen MR) is 224 cm³/mol. The minimum absolute atomic E-state index is 0.0175. The van der Waals surface area contributed by atoms with Crippen molar-refractivity contribution in [1.82, 2.24) is 10.2 Å². The van der Waals surface area contributed by atoms with Crippen LogP contribution in [0.4, 0.5) is 18.0 Å². The second kappa shape index (κ2) is 16.4. The minimum atomic E-state index is -4.60. The standard InChI is InChI=1S/C48H60ClF3N2O5/c1-28(2)53-44(57)54(26-31-11-12-32-25-39(31)45(32,4)5)27-47(58)21-19-38-35-15-10-30(22-34(55)14-9-29(3)8-7-20-46(38,47)6)23-36(35)43(56)42-18-17-41(59-42)37-24-33(48(50,51)52)13-16-40(37)49/h8,10,13,15-18,23-24,28,31-32,34,38-39,55,58H,7,9,11-12,14,19-22,25-27H2,1-6H3,(H,53,57)/t31-,32-,34-,38-,39-,46-,47+/m0/s1. The lowest BCUT2D eigenvalue weighted by atomic mass is 9.45. The number of aliphatic hydroxyl groups is 2. The first-order valence-corrected chi connectivity index (χ1v) is 21.8. The first kappa shape index (κ1) is 43.5. The highest BCUT2D eigenvalue weighted by molar-refractivity contribution is 6.33. The van der Waals surface area contributed by atoms with Crippen molar-refractivity contribution < 1.29 is 37.4 Å². The number of amides is 2. The third kappa shape index (κ3) is 8.52. The maximum atomic E-state index is 14.7. The van der Waals surface area contributed by atoms with E-state index in [9.17, 15) is 33.0 Å². The minimum Gasteiger partial charge on any atom is -0.453 e. The summed E-state index contributed by atoms with van der Waals surface area (Å²) in [5.74, 6) is 0.796. The first-order chi connectivity index (χ1) is 27.7. The fourth-order valence-electron chi connectivity index (χ4n) is 11.2. The molecule has 2 aromatic carbocycles. The van der Waals surface area contributed by atoms with Gasteiger partial charge in [0.05, 0.1) is 28.8 Å². The number of allylic oxidation sites excluding steroid dienone is 2. The monoisotopic (exact) mass is 836 g/mol. The van der Waals surface area contributed by atoms with Crippen LogP contribution in [0, 0.1) is 28.6 Å². The van der Waals surface area contributed by atoms with Crippen molar-refractivity contribution in [1.29, 1.82) is 0 Å². The van der Waals surface area contributed by atoms with Crippen molar-refractivity contribution in [2.75, 3.05) is 13.1 Å². The van der Waals surface area contributed by atoms with Crippen LogP contribution in [-0.4, -0.2) is 57.8 Å². The van der Waals surface area contributed by atoms with Crippen molar-refractivity contribution in [3.8, 4) is 11.3 Å². The normalized spacial score (nSPS) is 29.3. The van der Waals surface area contributed by atoms with E-state index in [0.29, 0.717) is 68.9 Å². The van der Waals surface area contributed by atoms with Gasteiger partial charge in [-0.2, -0.15) is 13.2 Å². The number of halogens is 4. The molecule has 6 aliphatic carbocycles. The molecule has 2 amide bonds. The number of urea groups is 1. The Bertz CT molecular complexity index is 2090. The van der Waals surface area contributed by atoms with E-state index in [1.165, 1.54) is 24.1 Å². The van der Waals surface area contributed by atoms with E-state index in [1.807, 2.05) is 30.9 Å². The Balaban J connectivity index is 1.27. The zero-order chi connectivity index (χ0) is 42.7. The third-order valence-electron chi connectivity index (χ3n) is 14.9. The Labute approximate surface area is 351 Å². The topological polar surface area (TPSA) is 103 Å². The van der Waals surface area contributed by atoms with Crippen molar-refractivity contribution in [3.05, 3.63) is 93.2 Å².